The molecular formula is C10H10BrF2NO3. The van der Waals surface area contributed by atoms with Crippen LogP contribution in [0.2, 0.25) is 0 Å². The highest BCUT2D eigenvalue weighted by Crippen LogP contribution is 2.28. The number of rotatable bonds is 4. The Kier molecular flexibility index (Phi) is 4.80. The first-order valence-electron chi connectivity index (χ1n) is 4.81. The van der Waals surface area contributed by atoms with Crippen LogP contribution in [0.25, 0.3) is 0 Å². The molecule has 17 heavy (non-hydrogen) atoms. The molecule has 0 aliphatic carbocycles. The van der Waals surface area contributed by atoms with Crippen molar-refractivity contribution < 1.29 is 18.3 Å². The molecule has 1 N–H and O–H groups in total. The highest BCUT2D eigenvalue weighted by molar-refractivity contribution is 9.10. The molecule has 0 radical (unpaired) electrons. The third kappa shape index (κ3) is 3.62. The largest absolute Gasteiger partial charge is 0.466 e. The van der Waals surface area contributed by atoms with E-state index in [2.05, 4.69) is 25.7 Å². The Morgan fingerprint density at radius 1 is 1.59 bits per heavy atom. The fourth-order valence-electron chi connectivity index (χ4n) is 1.32. The molecule has 0 amide bonds. The SMILES string of the molecule is CCOC(=O)Cc1[nH]c(=O)cc(Br)c1C(F)F. The van der Waals surface area contributed by atoms with Gasteiger partial charge in [-0.2, -0.15) is 0 Å². The van der Waals surface area contributed by atoms with Gasteiger partial charge in [0.05, 0.1) is 18.6 Å². The van der Waals surface area contributed by atoms with E-state index in [1.807, 2.05) is 0 Å². The zero-order valence-electron chi connectivity index (χ0n) is 8.93. The van der Waals surface area contributed by atoms with Crippen LogP contribution in [0.3, 0.4) is 0 Å². The van der Waals surface area contributed by atoms with E-state index in [-0.39, 0.29) is 23.2 Å². The predicted molar refractivity (Wildman–Crippen MR) is 60.1 cm³/mol. The minimum absolute atomic E-state index is 0.0180. The van der Waals surface area contributed by atoms with Crippen LogP contribution in [0.1, 0.15) is 24.6 Å². The Morgan fingerprint density at radius 3 is 2.76 bits per heavy atom. The number of aromatic amines is 1. The molecule has 94 valence electrons. The second kappa shape index (κ2) is 5.90. The van der Waals surface area contributed by atoms with Crippen molar-refractivity contribution in [2.24, 2.45) is 0 Å². The standard InChI is InChI=1S/C10H10BrF2NO3/c1-2-17-8(16)4-6-9(10(12)13)5(11)3-7(15)14-6/h3,10H,2,4H2,1H3,(H,14,15). The molecule has 1 heterocycles. The molecule has 0 unspecified atom stereocenters. The van der Waals surface area contributed by atoms with Crippen LogP contribution in [-0.4, -0.2) is 17.6 Å². The van der Waals surface area contributed by atoms with Crippen molar-refractivity contribution in [3.63, 3.8) is 0 Å². The Hall–Kier alpha value is -1.24. The van der Waals surface area contributed by atoms with Crippen molar-refractivity contribution in [2.75, 3.05) is 6.61 Å². The molecular weight excluding hydrogens is 300 g/mol. The van der Waals surface area contributed by atoms with Crippen LogP contribution < -0.4 is 5.56 Å². The van der Waals surface area contributed by atoms with E-state index in [1.165, 1.54) is 0 Å². The van der Waals surface area contributed by atoms with Gasteiger partial charge in [0.2, 0.25) is 5.56 Å². The molecule has 1 rings (SSSR count). The Morgan fingerprint density at radius 2 is 2.24 bits per heavy atom. The summed E-state index contributed by atoms with van der Waals surface area (Å²) < 4.78 is 30.1. The van der Waals surface area contributed by atoms with Gasteiger partial charge in [0, 0.05) is 16.2 Å². The maximum Gasteiger partial charge on any atom is 0.311 e. The summed E-state index contributed by atoms with van der Waals surface area (Å²) in [5, 5.41) is 0. The second-order valence-electron chi connectivity index (χ2n) is 3.16. The monoisotopic (exact) mass is 309 g/mol. The van der Waals surface area contributed by atoms with Gasteiger partial charge in [0.25, 0.3) is 6.43 Å². The summed E-state index contributed by atoms with van der Waals surface area (Å²) in [7, 11) is 0. The molecule has 0 aromatic carbocycles. The molecule has 0 aliphatic heterocycles. The van der Waals surface area contributed by atoms with Gasteiger partial charge in [0.1, 0.15) is 0 Å². The molecule has 0 saturated carbocycles. The number of hydrogen-bond acceptors (Lipinski definition) is 3. The molecule has 0 atom stereocenters. The van der Waals surface area contributed by atoms with Crippen molar-refractivity contribution in [1.29, 1.82) is 0 Å². The van der Waals surface area contributed by atoms with Gasteiger partial charge < -0.3 is 9.72 Å². The number of aromatic nitrogens is 1. The third-order valence-corrected chi connectivity index (χ3v) is 2.62. The average Bonchev–Trinajstić information content (AvgIpc) is 2.15. The number of H-pyrrole nitrogens is 1. The van der Waals surface area contributed by atoms with E-state index in [9.17, 15) is 18.4 Å². The van der Waals surface area contributed by atoms with Crippen molar-refractivity contribution in [1.82, 2.24) is 4.98 Å². The van der Waals surface area contributed by atoms with Crippen molar-refractivity contribution in [3.05, 3.63) is 32.2 Å². The molecule has 0 spiro atoms. The summed E-state index contributed by atoms with van der Waals surface area (Å²) in [6.07, 6.45) is -3.17. The average molecular weight is 310 g/mol. The number of halogens is 3. The van der Waals surface area contributed by atoms with E-state index < -0.39 is 23.5 Å². The number of nitrogens with one attached hydrogen (secondary N) is 1. The smallest absolute Gasteiger partial charge is 0.311 e. The molecule has 0 saturated heterocycles. The van der Waals surface area contributed by atoms with Gasteiger partial charge in [-0.15, -0.1) is 0 Å². The lowest BCUT2D eigenvalue weighted by molar-refractivity contribution is -0.142. The lowest BCUT2D eigenvalue weighted by atomic mass is 10.1. The van der Waals surface area contributed by atoms with E-state index >= 15 is 0 Å². The van der Waals surface area contributed by atoms with Crippen LogP contribution in [0.5, 0.6) is 0 Å². The lowest BCUT2D eigenvalue weighted by Crippen LogP contribution is -2.17. The van der Waals surface area contributed by atoms with Gasteiger partial charge >= 0.3 is 5.97 Å². The molecule has 1 aromatic heterocycles. The van der Waals surface area contributed by atoms with E-state index in [0.29, 0.717) is 0 Å². The molecule has 1 aromatic rings. The van der Waals surface area contributed by atoms with Gasteiger partial charge in [0.15, 0.2) is 0 Å². The molecule has 7 heteroatoms. The third-order valence-electron chi connectivity index (χ3n) is 1.96. The van der Waals surface area contributed by atoms with Crippen molar-refractivity contribution in [3.8, 4) is 0 Å². The van der Waals surface area contributed by atoms with Crippen LogP contribution >= 0.6 is 15.9 Å². The predicted octanol–water partition coefficient (Wildman–Crippen LogP) is 2.18. The zero-order chi connectivity index (χ0) is 13.0. The normalized spacial score (nSPS) is 10.6. The Balaban J connectivity index is 3.12. The fraction of sp³-hybridized carbons (Fsp3) is 0.400. The summed E-state index contributed by atoms with van der Waals surface area (Å²) in [6, 6.07) is 0.996. The van der Waals surface area contributed by atoms with Crippen LogP contribution in [-0.2, 0) is 16.0 Å². The zero-order valence-corrected chi connectivity index (χ0v) is 10.5. The number of carbonyl (C=O) groups excluding carboxylic acids is 1. The summed E-state index contributed by atoms with van der Waals surface area (Å²) in [4.78, 5) is 24.6. The van der Waals surface area contributed by atoms with E-state index in [4.69, 9.17) is 0 Å². The first-order valence-corrected chi connectivity index (χ1v) is 5.60. The number of carbonyl (C=O) groups is 1. The minimum Gasteiger partial charge on any atom is -0.466 e. The van der Waals surface area contributed by atoms with Crippen LogP contribution in [0.15, 0.2) is 15.3 Å². The van der Waals surface area contributed by atoms with Crippen molar-refractivity contribution >= 4 is 21.9 Å². The first-order chi connectivity index (χ1) is 7.95. The fourth-order valence-corrected chi connectivity index (χ4v) is 1.94. The topological polar surface area (TPSA) is 59.2 Å². The van der Waals surface area contributed by atoms with Gasteiger partial charge in [-0.1, -0.05) is 15.9 Å². The highest BCUT2D eigenvalue weighted by Gasteiger charge is 2.20. The van der Waals surface area contributed by atoms with Crippen LogP contribution in [0.4, 0.5) is 8.78 Å². The highest BCUT2D eigenvalue weighted by atomic mass is 79.9. The second-order valence-corrected chi connectivity index (χ2v) is 4.01. The quantitative estimate of drug-likeness (QED) is 0.867. The molecule has 4 nitrogen and oxygen atoms in total. The van der Waals surface area contributed by atoms with E-state index in [1.54, 1.807) is 6.92 Å². The summed E-state index contributed by atoms with van der Waals surface area (Å²) in [5.74, 6) is -0.664. The molecule has 0 aliphatic rings. The first kappa shape index (κ1) is 13.8. The number of pyridine rings is 1. The van der Waals surface area contributed by atoms with Gasteiger partial charge in [-0.05, 0) is 6.92 Å². The van der Waals surface area contributed by atoms with Gasteiger partial charge in [-0.25, -0.2) is 8.78 Å². The maximum absolute atomic E-state index is 12.8. The van der Waals surface area contributed by atoms with Gasteiger partial charge in [-0.3, -0.25) is 9.59 Å². The van der Waals surface area contributed by atoms with Crippen molar-refractivity contribution in [2.45, 2.75) is 19.8 Å². The Bertz CT molecular complexity index is 473. The summed E-state index contributed by atoms with van der Waals surface area (Å²) in [5.41, 5.74) is -1.07. The molecule has 0 fully saturated rings. The number of ether oxygens (including phenoxy) is 1. The summed E-state index contributed by atoms with van der Waals surface area (Å²) in [6.45, 7) is 1.76. The minimum atomic E-state index is -2.79. The van der Waals surface area contributed by atoms with E-state index in [0.717, 1.165) is 6.07 Å². The number of hydrogen-bond donors (Lipinski definition) is 1. The molecule has 0 bridgehead atoms. The lowest BCUT2D eigenvalue weighted by Gasteiger charge is -2.09. The number of esters is 1. The Labute approximate surface area is 104 Å². The van der Waals surface area contributed by atoms with Crippen LogP contribution in [0, 0.1) is 0 Å². The summed E-state index contributed by atoms with van der Waals surface area (Å²) >= 11 is 2.88. The maximum atomic E-state index is 12.8. The number of alkyl halides is 2.